The van der Waals surface area contributed by atoms with Crippen molar-refractivity contribution in [1.82, 2.24) is 0 Å². The van der Waals surface area contributed by atoms with Crippen LogP contribution >= 0.6 is 0 Å². The lowest BCUT2D eigenvalue weighted by atomic mass is 9.94. The Labute approximate surface area is 132 Å². The van der Waals surface area contributed by atoms with Crippen LogP contribution in [0.3, 0.4) is 0 Å². The molecule has 2 rings (SSSR count). The predicted octanol–water partition coefficient (Wildman–Crippen LogP) is 3.42. The first-order chi connectivity index (χ1) is 10.2. The zero-order valence-corrected chi connectivity index (χ0v) is 13.8. The van der Waals surface area contributed by atoms with E-state index in [0.29, 0.717) is 6.42 Å². The van der Waals surface area contributed by atoms with Crippen LogP contribution in [0.2, 0.25) is 0 Å². The van der Waals surface area contributed by atoms with Crippen LogP contribution in [0, 0.1) is 5.41 Å². The molecule has 0 saturated carbocycles. The molecule has 1 heterocycles. The number of nitrogens with zero attached hydrogens (tertiary/aromatic N) is 1. The second kappa shape index (κ2) is 6.11. The summed E-state index contributed by atoms with van der Waals surface area (Å²) in [6.07, 6.45) is 2.47. The van der Waals surface area contributed by atoms with Gasteiger partial charge in [0, 0.05) is 23.6 Å². The van der Waals surface area contributed by atoms with Crippen molar-refractivity contribution in [3.63, 3.8) is 0 Å². The number of hydrogen-bond acceptors (Lipinski definition) is 2. The van der Waals surface area contributed by atoms with Gasteiger partial charge in [0.2, 0.25) is 5.91 Å². The largest absolute Gasteiger partial charge is 0.481 e. The van der Waals surface area contributed by atoms with E-state index in [1.54, 1.807) is 0 Å². The summed E-state index contributed by atoms with van der Waals surface area (Å²) in [4.78, 5) is 25.1. The van der Waals surface area contributed by atoms with Gasteiger partial charge in [-0.3, -0.25) is 9.59 Å². The summed E-state index contributed by atoms with van der Waals surface area (Å²) in [5, 5.41) is 8.71. The fourth-order valence-corrected chi connectivity index (χ4v) is 2.95. The predicted molar refractivity (Wildman–Crippen MR) is 87.1 cm³/mol. The van der Waals surface area contributed by atoms with Gasteiger partial charge in [0.15, 0.2) is 0 Å². The summed E-state index contributed by atoms with van der Waals surface area (Å²) in [6.45, 7) is 7.91. The monoisotopic (exact) mass is 303 g/mol. The van der Waals surface area contributed by atoms with Crippen LogP contribution in [-0.4, -0.2) is 23.0 Å². The molecule has 0 radical (unpaired) electrons. The maximum Gasteiger partial charge on any atom is 0.303 e. The smallest absolute Gasteiger partial charge is 0.303 e. The fourth-order valence-electron chi connectivity index (χ4n) is 2.95. The fraction of sp³-hybridized carbons (Fsp3) is 0.556. The minimum absolute atomic E-state index is 0.150. The van der Waals surface area contributed by atoms with E-state index < -0.39 is 11.4 Å². The molecule has 1 amide bonds. The Morgan fingerprint density at radius 3 is 2.59 bits per heavy atom. The molecule has 1 aliphatic rings. The van der Waals surface area contributed by atoms with Gasteiger partial charge in [-0.05, 0) is 43.4 Å². The number of carbonyl (C=O) groups is 2. The molecular weight excluding hydrogens is 278 g/mol. The highest BCUT2D eigenvalue weighted by atomic mass is 16.4. The Hall–Kier alpha value is -1.84. The molecule has 1 aliphatic heterocycles. The van der Waals surface area contributed by atoms with Gasteiger partial charge in [0.25, 0.3) is 0 Å². The SMILES string of the molecule is CC1Cc2cc(CCCC(=O)O)ccc2N1C(=O)C(C)(C)C. The molecule has 22 heavy (non-hydrogen) atoms. The van der Waals surface area contributed by atoms with Crippen LogP contribution in [0.4, 0.5) is 5.69 Å². The van der Waals surface area contributed by atoms with Crippen molar-refractivity contribution in [2.45, 2.75) is 59.4 Å². The van der Waals surface area contributed by atoms with E-state index in [2.05, 4.69) is 13.0 Å². The Kier molecular flexibility index (Phi) is 4.59. The third-order valence-corrected chi connectivity index (χ3v) is 4.08. The van der Waals surface area contributed by atoms with Crippen molar-refractivity contribution >= 4 is 17.6 Å². The van der Waals surface area contributed by atoms with Gasteiger partial charge in [0.1, 0.15) is 0 Å². The maximum atomic E-state index is 12.6. The third-order valence-electron chi connectivity index (χ3n) is 4.08. The summed E-state index contributed by atoms with van der Waals surface area (Å²) in [5.74, 6) is -0.603. The van der Waals surface area contributed by atoms with Crippen LogP contribution in [-0.2, 0) is 22.4 Å². The van der Waals surface area contributed by atoms with Crippen molar-refractivity contribution < 1.29 is 14.7 Å². The molecule has 1 atom stereocenters. The normalized spacial score (nSPS) is 17.5. The van der Waals surface area contributed by atoms with Crippen molar-refractivity contribution in [1.29, 1.82) is 0 Å². The number of carboxylic acids is 1. The Balaban J connectivity index is 2.17. The standard InChI is InChI=1S/C18H25NO3/c1-12-10-14-11-13(6-5-7-16(20)21)8-9-15(14)19(12)17(22)18(2,3)4/h8-9,11-12H,5-7,10H2,1-4H3,(H,20,21). The van der Waals surface area contributed by atoms with Crippen molar-refractivity contribution in [2.24, 2.45) is 5.41 Å². The molecule has 0 aliphatic carbocycles. The lowest BCUT2D eigenvalue weighted by Gasteiger charge is -2.29. The van der Waals surface area contributed by atoms with Crippen molar-refractivity contribution in [3.8, 4) is 0 Å². The number of hydrogen-bond donors (Lipinski definition) is 1. The minimum atomic E-state index is -0.753. The molecule has 1 aromatic carbocycles. The topological polar surface area (TPSA) is 57.6 Å². The second-order valence-corrected chi connectivity index (χ2v) is 7.19. The van der Waals surface area contributed by atoms with Crippen LogP contribution in [0.1, 0.15) is 51.7 Å². The molecule has 1 aromatic rings. The molecule has 4 heteroatoms. The highest BCUT2D eigenvalue weighted by Gasteiger charge is 2.36. The van der Waals surface area contributed by atoms with Gasteiger partial charge in [-0.25, -0.2) is 0 Å². The zero-order valence-electron chi connectivity index (χ0n) is 13.8. The Morgan fingerprint density at radius 2 is 2.00 bits per heavy atom. The van der Waals surface area contributed by atoms with Gasteiger partial charge >= 0.3 is 5.97 Å². The van der Waals surface area contributed by atoms with Crippen LogP contribution in [0.5, 0.6) is 0 Å². The van der Waals surface area contributed by atoms with Crippen molar-refractivity contribution in [3.05, 3.63) is 29.3 Å². The van der Waals surface area contributed by atoms with Gasteiger partial charge in [-0.2, -0.15) is 0 Å². The number of carbonyl (C=O) groups excluding carboxylic acids is 1. The van der Waals surface area contributed by atoms with Gasteiger partial charge in [-0.15, -0.1) is 0 Å². The number of aryl methyl sites for hydroxylation is 1. The lowest BCUT2D eigenvalue weighted by molar-refractivity contribution is -0.137. The van der Waals surface area contributed by atoms with E-state index in [4.69, 9.17) is 5.11 Å². The molecule has 0 saturated heterocycles. The lowest BCUT2D eigenvalue weighted by Crippen LogP contribution is -2.42. The number of amides is 1. The molecule has 0 fully saturated rings. The number of benzene rings is 1. The quantitative estimate of drug-likeness (QED) is 0.927. The van der Waals surface area contributed by atoms with Crippen LogP contribution in [0.25, 0.3) is 0 Å². The summed E-state index contributed by atoms with van der Waals surface area (Å²) in [7, 11) is 0. The average Bonchev–Trinajstić information content (AvgIpc) is 2.71. The van der Waals surface area contributed by atoms with E-state index in [-0.39, 0.29) is 18.4 Å². The first-order valence-electron chi connectivity index (χ1n) is 7.87. The third kappa shape index (κ3) is 3.49. The molecule has 0 bridgehead atoms. The van der Waals surface area contributed by atoms with E-state index in [1.807, 2.05) is 37.8 Å². The van der Waals surface area contributed by atoms with Gasteiger partial charge < -0.3 is 10.0 Å². The summed E-state index contributed by atoms with van der Waals surface area (Å²) >= 11 is 0. The number of anilines is 1. The second-order valence-electron chi connectivity index (χ2n) is 7.19. The molecule has 0 aromatic heterocycles. The molecule has 1 N–H and O–H groups in total. The highest BCUT2D eigenvalue weighted by molar-refractivity contribution is 5.99. The summed E-state index contributed by atoms with van der Waals surface area (Å²) in [5.41, 5.74) is 2.96. The van der Waals surface area contributed by atoms with Crippen LogP contribution < -0.4 is 4.90 Å². The zero-order chi connectivity index (χ0) is 16.5. The first kappa shape index (κ1) is 16.5. The number of rotatable bonds is 4. The number of aliphatic carboxylic acids is 1. The summed E-state index contributed by atoms with van der Waals surface area (Å²) in [6, 6.07) is 6.33. The molecule has 4 nitrogen and oxygen atoms in total. The number of carboxylic acid groups (broad SMARTS) is 1. The Morgan fingerprint density at radius 1 is 1.32 bits per heavy atom. The molecule has 0 spiro atoms. The first-order valence-corrected chi connectivity index (χ1v) is 7.87. The number of fused-ring (bicyclic) bond motifs is 1. The maximum absolute atomic E-state index is 12.6. The van der Waals surface area contributed by atoms with Crippen molar-refractivity contribution in [2.75, 3.05) is 4.90 Å². The Bertz CT molecular complexity index is 586. The molecule has 1 unspecified atom stereocenters. The molecular formula is C18H25NO3. The highest BCUT2D eigenvalue weighted by Crippen LogP contribution is 2.36. The van der Waals surface area contributed by atoms with E-state index in [9.17, 15) is 9.59 Å². The van der Waals surface area contributed by atoms with E-state index >= 15 is 0 Å². The van der Waals surface area contributed by atoms with E-state index in [0.717, 1.165) is 24.1 Å². The summed E-state index contributed by atoms with van der Waals surface area (Å²) < 4.78 is 0. The van der Waals surface area contributed by atoms with Gasteiger partial charge in [-0.1, -0.05) is 32.9 Å². The molecule has 120 valence electrons. The average molecular weight is 303 g/mol. The van der Waals surface area contributed by atoms with Gasteiger partial charge in [0.05, 0.1) is 0 Å². The van der Waals surface area contributed by atoms with E-state index in [1.165, 1.54) is 5.56 Å². The van der Waals surface area contributed by atoms with Crippen LogP contribution in [0.15, 0.2) is 18.2 Å². The minimum Gasteiger partial charge on any atom is -0.481 e.